The topological polar surface area (TPSA) is 86.4 Å². The quantitative estimate of drug-likeness (QED) is 0.819. The van der Waals surface area contributed by atoms with E-state index in [1.807, 2.05) is 43.2 Å². The summed E-state index contributed by atoms with van der Waals surface area (Å²) in [6, 6.07) is 3.45. The van der Waals surface area contributed by atoms with Crippen LogP contribution in [0.4, 0.5) is 0 Å². The van der Waals surface area contributed by atoms with Gasteiger partial charge in [0.15, 0.2) is 0 Å². The molecule has 2 aromatic rings. The maximum atomic E-state index is 12.9. The second kappa shape index (κ2) is 7.40. The third-order valence-electron chi connectivity index (χ3n) is 5.58. The van der Waals surface area contributed by atoms with Crippen molar-refractivity contribution in [3.05, 3.63) is 49.8 Å². The Morgan fingerprint density at radius 3 is 2.76 bits per heavy atom. The second-order valence-corrected chi connectivity index (χ2v) is 9.68. The average Bonchev–Trinajstić information content (AvgIpc) is 3.37. The summed E-state index contributed by atoms with van der Waals surface area (Å²) in [7, 11) is 0. The summed E-state index contributed by atoms with van der Waals surface area (Å²) < 4.78 is 0. The fraction of sp³-hybridized carbons (Fsp3) is 0.524. The molecule has 7 nitrogen and oxygen atoms in total. The fourth-order valence-electron chi connectivity index (χ4n) is 4.07. The van der Waals surface area contributed by atoms with E-state index in [1.54, 1.807) is 4.90 Å². The van der Waals surface area contributed by atoms with Crippen LogP contribution in [0.15, 0.2) is 22.3 Å². The highest BCUT2D eigenvalue weighted by molar-refractivity contribution is 7.12. The van der Waals surface area contributed by atoms with Gasteiger partial charge in [0, 0.05) is 24.1 Å². The predicted octanol–water partition coefficient (Wildman–Crippen LogP) is 2.74. The van der Waals surface area contributed by atoms with Gasteiger partial charge in [-0.15, -0.1) is 11.3 Å². The highest BCUT2D eigenvalue weighted by Crippen LogP contribution is 2.34. The van der Waals surface area contributed by atoms with Gasteiger partial charge < -0.3 is 14.8 Å². The molecule has 4 rings (SSSR count). The molecule has 1 N–H and O–H groups in total. The van der Waals surface area contributed by atoms with E-state index in [4.69, 9.17) is 4.98 Å². The number of carbonyl (C=O) groups excluding carboxylic acids is 2. The lowest BCUT2D eigenvalue weighted by molar-refractivity contribution is -0.140. The molecule has 29 heavy (non-hydrogen) atoms. The molecule has 2 amide bonds. The van der Waals surface area contributed by atoms with Crippen molar-refractivity contribution in [3.8, 4) is 0 Å². The van der Waals surface area contributed by atoms with E-state index in [2.05, 4.69) is 4.98 Å². The van der Waals surface area contributed by atoms with Crippen molar-refractivity contribution in [1.82, 2.24) is 19.8 Å². The first-order valence-electron chi connectivity index (χ1n) is 10.0. The van der Waals surface area contributed by atoms with Gasteiger partial charge in [0.05, 0.1) is 23.2 Å². The number of carbonyl (C=O) groups is 2. The van der Waals surface area contributed by atoms with Crippen molar-refractivity contribution in [2.75, 3.05) is 13.1 Å². The molecule has 0 aliphatic carbocycles. The van der Waals surface area contributed by atoms with Crippen LogP contribution in [0.25, 0.3) is 0 Å². The Hall–Kier alpha value is -2.48. The molecule has 1 saturated heterocycles. The molecule has 0 bridgehead atoms. The van der Waals surface area contributed by atoms with Crippen molar-refractivity contribution < 1.29 is 9.59 Å². The zero-order valence-electron chi connectivity index (χ0n) is 17.0. The van der Waals surface area contributed by atoms with Crippen LogP contribution < -0.4 is 5.56 Å². The summed E-state index contributed by atoms with van der Waals surface area (Å²) >= 11 is 1.41. The van der Waals surface area contributed by atoms with Gasteiger partial charge in [-0.2, -0.15) is 0 Å². The zero-order valence-corrected chi connectivity index (χ0v) is 17.8. The number of hydrogen-bond acceptors (Lipinski definition) is 5. The summed E-state index contributed by atoms with van der Waals surface area (Å²) in [6.45, 7) is 7.21. The van der Waals surface area contributed by atoms with Gasteiger partial charge in [-0.05, 0) is 30.7 Å². The van der Waals surface area contributed by atoms with Gasteiger partial charge in [-0.3, -0.25) is 14.4 Å². The number of hydrogen-bond donors (Lipinski definition) is 1. The lowest BCUT2D eigenvalue weighted by Crippen LogP contribution is -2.42. The Morgan fingerprint density at radius 1 is 1.28 bits per heavy atom. The number of H-pyrrole nitrogens is 1. The van der Waals surface area contributed by atoms with Gasteiger partial charge in [-0.25, -0.2) is 4.98 Å². The van der Waals surface area contributed by atoms with Crippen LogP contribution >= 0.6 is 11.3 Å². The molecule has 2 aromatic heterocycles. The minimum absolute atomic E-state index is 0.0281. The lowest BCUT2D eigenvalue weighted by atomic mass is 9.94. The molecule has 8 heteroatoms. The number of amides is 2. The van der Waals surface area contributed by atoms with Gasteiger partial charge in [0.1, 0.15) is 5.82 Å². The largest absolute Gasteiger partial charge is 0.332 e. The van der Waals surface area contributed by atoms with Crippen LogP contribution in [0.1, 0.15) is 66.4 Å². The number of aromatic nitrogens is 2. The van der Waals surface area contributed by atoms with E-state index in [1.165, 1.54) is 11.3 Å². The molecular formula is C21H26N4O3S. The van der Waals surface area contributed by atoms with Crippen LogP contribution in [0.5, 0.6) is 0 Å². The monoisotopic (exact) mass is 414 g/mol. The summed E-state index contributed by atoms with van der Waals surface area (Å²) in [5.74, 6) is 0.573. The maximum Gasteiger partial charge on any atom is 0.264 e. The van der Waals surface area contributed by atoms with Crippen LogP contribution in [0, 0.1) is 5.41 Å². The van der Waals surface area contributed by atoms with Gasteiger partial charge in [-0.1, -0.05) is 26.8 Å². The van der Waals surface area contributed by atoms with E-state index < -0.39 is 5.41 Å². The molecule has 0 aromatic carbocycles. The minimum atomic E-state index is -0.485. The van der Waals surface area contributed by atoms with Crippen LogP contribution in [0.3, 0.4) is 0 Å². The highest BCUT2D eigenvalue weighted by Gasteiger charge is 2.37. The van der Waals surface area contributed by atoms with Crippen molar-refractivity contribution in [1.29, 1.82) is 0 Å². The van der Waals surface area contributed by atoms with E-state index in [-0.39, 0.29) is 23.4 Å². The van der Waals surface area contributed by atoms with Gasteiger partial charge in [0.2, 0.25) is 5.91 Å². The smallest absolute Gasteiger partial charge is 0.264 e. The molecule has 2 aliphatic heterocycles. The molecule has 0 spiro atoms. The van der Waals surface area contributed by atoms with E-state index in [0.717, 1.165) is 12.8 Å². The SMILES string of the molecule is CC(C)(C)C(=O)N1CCC[C@@H]1c1nc2c(c(=O)[nH]1)CCN(C(=O)c1cccs1)C2. The molecule has 0 radical (unpaired) electrons. The number of likely N-dealkylation sites (tertiary alicyclic amines) is 1. The van der Waals surface area contributed by atoms with Gasteiger partial charge in [0.25, 0.3) is 11.5 Å². The predicted molar refractivity (Wildman–Crippen MR) is 111 cm³/mol. The van der Waals surface area contributed by atoms with Crippen LogP contribution in [-0.4, -0.2) is 44.7 Å². The number of nitrogens with one attached hydrogen (secondary N) is 1. The molecule has 1 atom stereocenters. The Bertz CT molecular complexity index is 990. The molecular weight excluding hydrogens is 388 g/mol. The first-order valence-corrected chi connectivity index (χ1v) is 10.9. The molecule has 154 valence electrons. The zero-order chi connectivity index (χ0) is 20.8. The van der Waals surface area contributed by atoms with E-state index >= 15 is 0 Å². The average molecular weight is 415 g/mol. The molecule has 4 heterocycles. The van der Waals surface area contributed by atoms with Crippen LogP contribution in [0.2, 0.25) is 0 Å². The number of nitrogens with zero attached hydrogens (tertiary/aromatic N) is 3. The fourth-order valence-corrected chi connectivity index (χ4v) is 4.76. The molecule has 0 saturated carbocycles. The summed E-state index contributed by atoms with van der Waals surface area (Å²) in [6.07, 6.45) is 2.15. The molecule has 2 aliphatic rings. The number of fused-ring (bicyclic) bond motifs is 1. The maximum absolute atomic E-state index is 12.9. The van der Waals surface area contributed by atoms with E-state index in [9.17, 15) is 14.4 Å². The summed E-state index contributed by atoms with van der Waals surface area (Å²) in [5.41, 5.74) is 0.662. The van der Waals surface area contributed by atoms with Crippen molar-refractivity contribution in [3.63, 3.8) is 0 Å². The minimum Gasteiger partial charge on any atom is -0.332 e. The number of rotatable bonds is 2. The normalized spacial score (nSPS) is 19.3. The van der Waals surface area contributed by atoms with Crippen molar-refractivity contribution in [2.24, 2.45) is 5.41 Å². The van der Waals surface area contributed by atoms with Gasteiger partial charge >= 0.3 is 0 Å². The Morgan fingerprint density at radius 2 is 2.07 bits per heavy atom. The third-order valence-corrected chi connectivity index (χ3v) is 6.44. The first-order chi connectivity index (χ1) is 13.8. The standard InChI is InChI=1S/C21H26N4O3S/c1-21(2,3)20(28)25-9-4-6-15(25)17-22-14-12-24(10-8-13(14)18(26)23-17)19(27)16-7-5-11-29-16/h5,7,11,15H,4,6,8-10,12H2,1-3H3,(H,22,23,26)/t15-/m1/s1. The van der Waals surface area contributed by atoms with Crippen molar-refractivity contribution >= 4 is 23.2 Å². The Kier molecular flexibility index (Phi) is 5.06. The Labute approximate surface area is 173 Å². The number of thiophene rings is 1. The number of aromatic amines is 1. The van der Waals surface area contributed by atoms with E-state index in [0.29, 0.717) is 48.0 Å². The van der Waals surface area contributed by atoms with Crippen LogP contribution in [-0.2, 0) is 17.8 Å². The molecule has 1 fully saturated rings. The first kappa shape index (κ1) is 19.8. The summed E-state index contributed by atoms with van der Waals surface area (Å²) in [4.78, 5) is 50.2. The highest BCUT2D eigenvalue weighted by atomic mass is 32.1. The lowest BCUT2D eigenvalue weighted by Gasteiger charge is -2.31. The Balaban J connectivity index is 1.62. The van der Waals surface area contributed by atoms with Crippen molar-refractivity contribution in [2.45, 2.75) is 52.6 Å². The second-order valence-electron chi connectivity index (χ2n) is 8.74. The third kappa shape index (κ3) is 3.73. The summed E-state index contributed by atoms with van der Waals surface area (Å²) in [5, 5.41) is 1.88. The molecule has 0 unspecified atom stereocenters.